The van der Waals surface area contributed by atoms with Gasteiger partial charge in [0.1, 0.15) is 17.8 Å². The van der Waals surface area contributed by atoms with E-state index in [0.29, 0.717) is 12.8 Å². The molecule has 0 bridgehead atoms. The zero-order valence-corrected chi connectivity index (χ0v) is 20.0. The minimum Gasteiger partial charge on any atom is -0.462 e. The topological polar surface area (TPSA) is 88.1 Å². The first-order chi connectivity index (χ1) is 15.7. The molecule has 7 nitrogen and oxygen atoms in total. The molecule has 9 atom stereocenters. The van der Waals surface area contributed by atoms with Gasteiger partial charge in [0.25, 0.3) is 0 Å². The Bertz CT molecular complexity index is 899. The number of carbonyl (C=O) groups excluding carboxylic acids is 3. The third-order valence-electron chi connectivity index (χ3n) is 8.17. The minimum atomic E-state index is -0.819. The van der Waals surface area contributed by atoms with Crippen LogP contribution in [-0.4, -0.2) is 42.8 Å². The fourth-order valence-corrected chi connectivity index (χ4v) is 6.44. The van der Waals surface area contributed by atoms with Gasteiger partial charge in [0.05, 0.1) is 5.92 Å². The molecule has 0 radical (unpaired) electrons. The number of hydrogen-bond donors (Lipinski definition) is 0. The maximum Gasteiger partial charge on any atom is 0.340 e. The predicted molar refractivity (Wildman–Crippen MR) is 119 cm³/mol. The number of esters is 3. The van der Waals surface area contributed by atoms with Crippen molar-refractivity contribution < 1.29 is 33.3 Å². The molecule has 180 valence electrons. The summed E-state index contributed by atoms with van der Waals surface area (Å²) in [6.07, 6.45) is 0.472. The van der Waals surface area contributed by atoms with E-state index < -0.39 is 23.8 Å². The third kappa shape index (κ3) is 4.27. The SMILES string of the molecule is CO[C@@H](C(=O)O[C@H]1C[C@@H]2[C@H]([C@@H]1C)[C@H]1OC(=O)[C@@H](C)[C@@H]1CC[C@@]2(C)OC(C)=O)c1ccccc1. The standard InChI is InChI=1S/C26H34O7/c1-14-18-11-12-26(4,33-16(3)27)19-13-20(15(2)21(19)23(18)32-24(14)28)31-25(29)22(30-5)17-9-7-6-8-10-17/h6-10,14-15,18-23H,11-13H2,1-5H3/t14-,15+,18-,19+,20-,21-,22+,23-,26+/m0/s1. The fraction of sp³-hybridized carbons (Fsp3) is 0.654. The molecule has 7 heteroatoms. The van der Waals surface area contributed by atoms with Gasteiger partial charge in [0.2, 0.25) is 0 Å². The molecule has 3 aliphatic rings. The largest absolute Gasteiger partial charge is 0.462 e. The van der Waals surface area contributed by atoms with Crippen molar-refractivity contribution in [2.24, 2.45) is 29.6 Å². The lowest BCUT2D eigenvalue weighted by molar-refractivity contribution is -0.167. The van der Waals surface area contributed by atoms with E-state index in [0.717, 1.165) is 12.0 Å². The highest BCUT2D eigenvalue weighted by molar-refractivity contribution is 5.77. The van der Waals surface area contributed by atoms with Crippen molar-refractivity contribution in [2.45, 2.75) is 70.9 Å². The molecule has 0 spiro atoms. The molecule has 33 heavy (non-hydrogen) atoms. The van der Waals surface area contributed by atoms with Gasteiger partial charge >= 0.3 is 17.9 Å². The molecule has 1 aromatic carbocycles. The van der Waals surface area contributed by atoms with Crippen molar-refractivity contribution in [3.63, 3.8) is 0 Å². The second kappa shape index (κ2) is 9.09. The lowest BCUT2D eigenvalue weighted by atomic mass is 9.75. The molecular weight excluding hydrogens is 424 g/mol. The summed E-state index contributed by atoms with van der Waals surface area (Å²) in [5.41, 5.74) is 0.0240. The Morgan fingerprint density at radius 2 is 1.88 bits per heavy atom. The number of ether oxygens (including phenoxy) is 4. The molecule has 2 aliphatic carbocycles. The average Bonchev–Trinajstić information content (AvgIpc) is 3.20. The van der Waals surface area contributed by atoms with Crippen LogP contribution in [0.3, 0.4) is 0 Å². The smallest absolute Gasteiger partial charge is 0.340 e. The summed E-state index contributed by atoms with van der Waals surface area (Å²) in [4.78, 5) is 37.5. The van der Waals surface area contributed by atoms with Gasteiger partial charge < -0.3 is 18.9 Å². The lowest BCUT2D eigenvalue weighted by Crippen LogP contribution is -2.43. The first-order valence-corrected chi connectivity index (χ1v) is 11.8. The second-order valence-electron chi connectivity index (χ2n) is 10.1. The molecular formula is C26H34O7. The van der Waals surface area contributed by atoms with Crippen LogP contribution in [0, 0.1) is 29.6 Å². The Labute approximate surface area is 195 Å². The summed E-state index contributed by atoms with van der Waals surface area (Å²) in [6, 6.07) is 9.25. The summed E-state index contributed by atoms with van der Waals surface area (Å²) in [7, 11) is 1.49. The Kier molecular flexibility index (Phi) is 6.54. The third-order valence-corrected chi connectivity index (χ3v) is 8.17. The molecule has 1 saturated heterocycles. The molecule has 0 aromatic heterocycles. The first kappa shape index (κ1) is 23.7. The van der Waals surface area contributed by atoms with E-state index >= 15 is 0 Å². The van der Waals surface area contributed by atoms with Crippen molar-refractivity contribution in [1.29, 1.82) is 0 Å². The monoisotopic (exact) mass is 458 g/mol. The zero-order chi connectivity index (χ0) is 23.9. The minimum absolute atomic E-state index is 0.0636. The maximum atomic E-state index is 13.1. The number of fused-ring (bicyclic) bond motifs is 3. The summed E-state index contributed by atoms with van der Waals surface area (Å²) < 4.78 is 23.3. The lowest BCUT2D eigenvalue weighted by Gasteiger charge is -2.37. The van der Waals surface area contributed by atoms with Crippen LogP contribution in [0.15, 0.2) is 30.3 Å². The van der Waals surface area contributed by atoms with Crippen LogP contribution in [0.5, 0.6) is 0 Å². The number of rotatable bonds is 5. The van der Waals surface area contributed by atoms with E-state index in [4.69, 9.17) is 18.9 Å². The van der Waals surface area contributed by atoms with Gasteiger partial charge in [-0.1, -0.05) is 44.2 Å². The molecule has 1 heterocycles. The van der Waals surface area contributed by atoms with Gasteiger partial charge in [-0.15, -0.1) is 0 Å². The Hall–Kier alpha value is -2.41. The van der Waals surface area contributed by atoms with Crippen molar-refractivity contribution >= 4 is 17.9 Å². The molecule has 3 fully saturated rings. The highest BCUT2D eigenvalue weighted by Gasteiger charge is 2.61. The highest BCUT2D eigenvalue weighted by Crippen LogP contribution is 2.56. The van der Waals surface area contributed by atoms with Crippen molar-refractivity contribution in [1.82, 2.24) is 0 Å². The zero-order valence-electron chi connectivity index (χ0n) is 20.0. The van der Waals surface area contributed by atoms with Gasteiger partial charge in [-0.25, -0.2) is 4.79 Å². The van der Waals surface area contributed by atoms with Gasteiger partial charge in [-0.3, -0.25) is 9.59 Å². The quantitative estimate of drug-likeness (QED) is 0.489. The Morgan fingerprint density at radius 1 is 1.18 bits per heavy atom. The van der Waals surface area contributed by atoms with E-state index in [1.165, 1.54) is 14.0 Å². The van der Waals surface area contributed by atoms with Crippen LogP contribution < -0.4 is 0 Å². The summed E-state index contributed by atoms with van der Waals surface area (Å²) in [5.74, 6) is -1.28. The van der Waals surface area contributed by atoms with Crippen molar-refractivity contribution in [3.8, 4) is 0 Å². The summed E-state index contributed by atoms with van der Waals surface area (Å²) >= 11 is 0. The maximum absolute atomic E-state index is 13.1. The molecule has 0 unspecified atom stereocenters. The Morgan fingerprint density at radius 3 is 2.52 bits per heavy atom. The van der Waals surface area contributed by atoms with E-state index in [2.05, 4.69) is 0 Å². The fourth-order valence-electron chi connectivity index (χ4n) is 6.44. The van der Waals surface area contributed by atoms with Gasteiger partial charge in [0.15, 0.2) is 6.10 Å². The van der Waals surface area contributed by atoms with Crippen LogP contribution in [0.4, 0.5) is 0 Å². The van der Waals surface area contributed by atoms with E-state index in [1.54, 1.807) is 0 Å². The van der Waals surface area contributed by atoms with E-state index in [-0.39, 0.29) is 47.6 Å². The van der Waals surface area contributed by atoms with Crippen LogP contribution >= 0.6 is 0 Å². The second-order valence-corrected chi connectivity index (χ2v) is 10.1. The number of methoxy groups -OCH3 is 1. The van der Waals surface area contributed by atoms with E-state index in [1.807, 2.05) is 51.1 Å². The predicted octanol–water partition coefficient (Wildman–Crippen LogP) is 3.85. The average molecular weight is 459 g/mol. The van der Waals surface area contributed by atoms with Crippen LogP contribution in [-0.2, 0) is 33.3 Å². The van der Waals surface area contributed by atoms with Gasteiger partial charge in [-0.05, 0) is 37.7 Å². The highest BCUT2D eigenvalue weighted by atomic mass is 16.6. The first-order valence-electron chi connectivity index (χ1n) is 11.8. The molecule has 0 amide bonds. The molecule has 1 aliphatic heterocycles. The van der Waals surface area contributed by atoms with Gasteiger partial charge in [-0.2, -0.15) is 0 Å². The van der Waals surface area contributed by atoms with Crippen LogP contribution in [0.1, 0.15) is 58.6 Å². The number of benzene rings is 1. The molecule has 4 rings (SSSR count). The van der Waals surface area contributed by atoms with Crippen molar-refractivity contribution in [2.75, 3.05) is 7.11 Å². The van der Waals surface area contributed by atoms with Crippen LogP contribution in [0.2, 0.25) is 0 Å². The number of carbonyl (C=O) groups is 3. The molecule has 2 saturated carbocycles. The number of hydrogen-bond acceptors (Lipinski definition) is 7. The molecule has 0 N–H and O–H groups in total. The normalized spacial score (nSPS) is 38.5. The molecule has 1 aromatic rings. The summed E-state index contributed by atoms with van der Waals surface area (Å²) in [5, 5.41) is 0. The van der Waals surface area contributed by atoms with Crippen molar-refractivity contribution in [3.05, 3.63) is 35.9 Å². The Balaban J connectivity index is 1.61. The van der Waals surface area contributed by atoms with Gasteiger partial charge in [0, 0.05) is 31.8 Å². The van der Waals surface area contributed by atoms with E-state index in [9.17, 15) is 14.4 Å². The summed E-state index contributed by atoms with van der Waals surface area (Å²) in [6.45, 7) is 7.35. The van der Waals surface area contributed by atoms with Crippen LogP contribution in [0.25, 0.3) is 0 Å².